The number of hydrogen-bond donors (Lipinski definition) is 0. The highest BCUT2D eigenvalue weighted by Crippen LogP contribution is 2.26. The van der Waals surface area contributed by atoms with E-state index in [0.29, 0.717) is 5.56 Å². The van der Waals surface area contributed by atoms with Gasteiger partial charge in [0.15, 0.2) is 0 Å². The summed E-state index contributed by atoms with van der Waals surface area (Å²) < 4.78 is 10.2. The third-order valence-electron chi connectivity index (χ3n) is 3.37. The summed E-state index contributed by atoms with van der Waals surface area (Å²) >= 11 is 0. The quantitative estimate of drug-likeness (QED) is 0.796. The Kier molecular flexibility index (Phi) is 5.39. The molecule has 0 N–H and O–H groups in total. The van der Waals surface area contributed by atoms with Crippen LogP contribution in [0.15, 0.2) is 48.5 Å². The minimum absolute atomic E-state index is 0.176. The van der Waals surface area contributed by atoms with E-state index < -0.39 is 5.60 Å². The molecule has 0 unspecified atom stereocenters. The van der Waals surface area contributed by atoms with Gasteiger partial charge in [0.1, 0.15) is 5.60 Å². The van der Waals surface area contributed by atoms with E-state index in [1.165, 1.54) is 7.11 Å². The second kappa shape index (κ2) is 7.30. The molecule has 0 heterocycles. The molecule has 2 rings (SSSR count). The molecule has 0 fully saturated rings. The number of hydrogen-bond acceptors (Lipinski definition) is 4. The predicted octanol–water partition coefficient (Wildman–Crippen LogP) is 4.02. The molecule has 4 heteroatoms. The molecule has 0 amide bonds. The Labute approximate surface area is 142 Å². The molecule has 0 spiro atoms. The number of rotatable bonds is 4. The van der Waals surface area contributed by atoms with Crippen molar-refractivity contribution >= 4 is 11.9 Å². The summed E-state index contributed by atoms with van der Waals surface area (Å²) in [5, 5.41) is 0. The van der Waals surface area contributed by atoms with Crippen LogP contribution in [0.25, 0.3) is 11.1 Å². The van der Waals surface area contributed by atoms with E-state index in [2.05, 4.69) is 0 Å². The van der Waals surface area contributed by atoms with E-state index in [1.807, 2.05) is 51.1 Å². The predicted molar refractivity (Wildman–Crippen MR) is 92.8 cm³/mol. The molecule has 2 aromatic carbocycles. The van der Waals surface area contributed by atoms with Crippen molar-refractivity contribution in [2.24, 2.45) is 0 Å². The number of methoxy groups -OCH3 is 1. The van der Waals surface area contributed by atoms with Crippen molar-refractivity contribution in [2.75, 3.05) is 7.11 Å². The van der Waals surface area contributed by atoms with Crippen LogP contribution in [0.5, 0.6) is 0 Å². The van der Waals surface area contributed by atoms with Gasteiger partial charge in [-0.3, -0.25) is 4.79 Å². The van der Waals surface area contributed by atoms with Crippen LogP contribution in [-0.4, -0.2) is 24.6 Å². The maximum Gasteiger partial charge on any atom is 0.337 e. The van der Waals surface area contributed by atoms with Crippen molar-refractivity contribution in [1.29, 1.82) is 0 Å². The van der Waals surface area contributed by atoms with Gasteiger partial charge >= 0.3 is 11.9 Å². The number of benzene rings is 2. The number of esters is 2. The molecule has 2 aromatic rings. The molecular formula is C20H22O4. The van der Waals surface area contributed by atoms with Crippen LogP contribution in [0.3, 0.4) is 0 Å². The summed E-state index contributed by atoms with van der Waals surface area (Å²) in [4.78, 5) is 23.9. The summed E-state index contributed by atoms with van der Waals surface area (Å²) in [6.45, 7) is 5.53. The van der Waals surface area contributed by atoms with Gasteiger partial charge in [0.25, 0.3) is 0 Å². The van der Waals surface area contributed by atoms with Crippen LogP contribution < -0.4 is 0 Å². The normalized spacial score (nSPS) is 11.0. The molecule has 126 valence electrons. The zero-order valence-corrected chi connectivity index (χ0v) is 14.5. The average molecular weight is 326 g/mol. The van der Waals surface area contributed by atoms with Crippen LogP contribution in [0, 0.1) is 0 Å². The molecule has 0 aliphatic heterocycles. The molecule has 0 aromatic heterocycles. The van der Waals surface area contributed by atoms with Gasteiger partial charge in [0.2, 0.25) is 0 Å². The van der Waals surface area contributed by atoms with Crippen molar-refractivity contribution in [1.82, 2.24) is 0 Å². The fraction of sp³-hybridized carbons (Fsp3) is 0.300. The lowest BCUT2D eigenvalue weighted by Crippen LogP contribution is -2.25. The zero-order chi connectivity index (χ0) is 17.7. The number of carbonyl (C=O) groups excluding carboxylic acids is 2. The Morgan fingerprint density at radius 1 is 1.00 bits per heavy atom. The Morgan fingerprint density at radius 2 is 1.71 bits per heavy atom. The zero-order valence-electron chi connectivity index (χ0n) is 14.5. The van der Waals surface area contributed by atoms with Crippen molar-refractivity contribution in [3.63, 3.8) is 0 Å². The van der Waals surface area contributed by atoms with Crippen LogP contribution in [-0.2, 0) is 20.7 Å². The maximum atomic E-state index is 12.1. The minimum atomic E-state index is -0.517. The second-order valence-corrected chi connectivity index (χ2v) is 6.49. The van der Waals surface area contributed by atoms with E-state index in [-0.39, 0.29) is 18.4 Å². The Bertz CT molecular complexity index is 741. The van der Waals surface area contributed by atoms with Crippen molar-refractivity contribution in [2.45, 2.75) is 32.8 Å². The van der Waals surface area contributed by atoms with E-state index in [4.69, 9.17) is 9.47 Å². The lowest BCUT2D eigenvalue weighted by Gasteiger charge is -2.20. The van der Waals surface area contributed by atoms with Crippen molar-refractivity contribution < 1.29 is 19.1 Å². The smallest absolute Gasteiger partial charge is 0.337 e. The summed E-state index contributed by atoms with van der Waals surface area (Å²) in [5.41, 5.74) is 2.57. The van der Waals surface area contributed by atoms with Crippen LogP contribution in [0.1, 0.15) is 36.7 Å². The fourth-order valence-corrected chi connectivity index (χ4v) is 2.42. The molecule has 24 heavy (non-hydrogen) atoms. The molecule has 0 saturated heterocycles. The molecule has 4 nitrogen and oxygen atoms in total. The largest absolute Gasteiger partial charge is 0.465 e. The highest BCUT2D eigenvalue weighted by Gasteiger charge is 2.18. The third kappa shape index (κ3) is 4.69. The SMILES string of the molecule is COC(=O)c1cccc(-c2ccccc2CC(=O)OC(C)(C)C)c1. The maximum absolute atomic E-state index is 12.1. The molecular weight excluding hydrogens is 304 g/mol. The lowest BCUT2D eigenvalue weighted by molar-refractivity contribution is -0.153. The van der Waals surface area contributed by atoms with Crippen molar-refractivity contribution in [3.05, 3.63) is 59.7 Å². The van der Waals surface area contributed by atoms with Crippen LogP contribution in [0.2, 0.25) is 0 Å². The first-order valence-electron chi connectivity index (χ1n) is 7.78. The molecule has 0 radical (unpaired) electrons. The molecule has 0 aliphatic rings. The summed E-state index contributed by atoms with van der Waals surface area (Å²) in [7, 11) is 1.35. The first kappa shape index (κ1) is 17.7. The first-order chi connectivity index (χ1) is 11.3. The van der Waals surface area contributed by atoms with Gasteiger partial charge in [-0.15, -0.1) is 0 Å². The van der Waals surface area contributed by atoms with E-state index >= 15 is 0 Å². The highest BCUT2D eigenvalue weighted by atomic mass is 16.6. The Balaban J connectivity index is 2.32. The summed E-state index contributed by atoms with van der Waals surface area (Å²) in [6.07, 6.45) is 0.176. The van der Waals surface area contributed by atoms with Crippen LogP contribution >= 0.6 is 0 Å². The van der Waals surface area contributed by atoms with Gasteiger partial charge in [-0.2, -0.15) is 0 Å². The van der Waals surface area contributed by atoms with Gasteiger partial charge in [-0.1, -0.05) is 36.4 Å². The first-order valence-corrected chi connectivity index (χ1v) is 7.78. The van der Waals surface area contributed by atoms with Gasteiger partial charge in [0.05, 0.1) is 19.1 Å². The Hall–Kier alpha value is -2.62. The second-order valence-electron chi connectivity index (χ2n) is 6.49. The molecule has 0 aliphatic carbocycles. The van der Waals surface area contributed by atoms with E-state index in [0.717, 1.165) is 16.7 Å². The van der Waals surface area contributed by atoms with E-state index in [9.17, 15) is 9.59 Å². The third-order valence-corrected chi connectivity index (χ3v) is 3.37. The molecule has 0 saturated carbocycles. The average Bonchev–Trinajstić information content (AvgIpc) is 2.53. The molecule has 0 bridgehead atoms. The topological polar surface area (TPSA) is 52.6 Å². The van der Waals surface area contributed by atoms with Crippen LogP contribution in [0.4, 0.5) is 0 Å². The number of carbonyl (C=O) groups is 2. The summed E-state index contributed by atoms with van der Waals surface area (Å²) in [5.74, 6) is -0.666. The van der Waals surface area contributed by atoms with Crippen molar-refractivity contribution in [3.8, 4) is 11.1 Å². The molecule has 0 atom stereocenters. The van der Waals surface area contributed by atoms with Gasteiger partial charge in [-0.25, -0.2) is 4.79 Å². The Morgan fingerprint density at radius 3 is 2.38 bits per heavy atom. The van der Waals surface area contributed by atoms with Gasteiger partial charge in [-0.05, 0) is 49.6 Å². The summed E-state index contributed by atoms with van der Waals surface area (Å²) in [6, 6.07) is 14.8. The van der Waals surface area contributed by atoms with E-state index in [1.54, 1.807) is 18.2 Å². The minimum Gasteiger partial charge on any atom is -0.465 e. The number of ether oxygens (including phenoxy) is 2. The fourth-order valence-electron chi connectivity index (χ4n) is 2.42. The van der Waals surface area contributed by atoms with Gasteiger partial charge < -0.3 is 9.47 Å². The van der Waals surface area contributed by atoms with Gasteiger partial charge in [0, 0.05) is 0 Å². The lowest BCUT2D eigenvalue weighted by atomic mass is 9.96. The monoisotopic (exact) mass is 326 g/mol. The highest BCUT2D eigenvalue weighted by molar-refractivity contribution is 5.91. The standard InChI is InChI=1S/C20H22O4/c1-20(2,3)24-18(21)13-15-8-5-6-11-17(15)14-9-7-10-16(12-14)19(22)23-4/h5-12H,13H2,1-4H3.